The predicted molar refractivity (Wildman–Crippen MR) is 51.4 cm³/mol. The van der Waals surface area contributed by atoms with Gasteiger partial charge in [-0.15, -0.1) is 11.8 Å². The molecule has 3 heteroatoms. The van der Waals surface area contributed by atoms with Crippen LogP contribution < -0.4 is 0 Å². The van der Waals surface area contributed by atoms with Gasteiger partial charge in [-0.05, 0) is 26.0 Å². The quantitative estimate of drug-likeness (QED) is 0.391. The molecule has 0 aliphatic rings. The topological polar surface area (TPSA) is 44.1 Å². The lowest BCUT2D eigenvalue weighted by molar-refractivity contribution is 0.156. The van der Waals surface area contributed by atoms with Gasteiger partial charge in [-0.25, -0.2) is 0 Å². The van der Waals surface area contributed by atoms with Crippen molar-refractivity contribution in [1.82, 2.24) is 0 Å². The number of nitrogens with one attached hydrogen (secondary N) is 1. The highest BCUT2D eigenvalue weighted by Gasteiger charge is 2.19. The molecule has 0 heterocycles. The van der Waals surface area contributed by atoms with Crippen LogP contribution in [0.4, 0.5) is 0 Å². The van der Waals surface area contributed by atoms with Gasteiger partial charge in [-0.2, -0.15) is 0 Å². The maximum absolute atomic E-state index is 9.34. The molecule has 0 aliphatic heterocycles. The molecule has 0 aliphatic carbocycles. The van der Waals surface area contributed by atoms with Crippen molar-refractivity contribution in [3.05, 3.63) is 0 Å². The molecule has 0 saturated heterocycles. The van der Waals surface area contributed by atoms with Crippen molar-refractivity contribution in [3.63, 3.8) is 0 Å². The Kier molecular flexibility index (Phi) is 4.77. The van der Waals surface area contributed by atoms with Gasteiger partial charge in [0.25, 0.3) is 0 Å². The molecule has 0 amide bonds. The van der Waals surface area contributed by atoms with Crippen LogP contribution in [0.15, 0.2) is 0 Å². The van der Waals surface area contributed by atoms with E-state index in [2.05, 4.69) is 6.92 Å². The van der Waals surface area contributed by atoms with Crippen molar-refractivity contribution in [2.45, 2.75) is 39.2 Å². The van der Waals surface area contributed by atoms with Gasteiger partial charge in [-0.1, -0.05) is 13.3 Å². The van der Waals surface area contributed by atoms with Gasteiger partial charge in [0.2, 0.25) is 0 Å². The van der Waals surface area contributed by atoms with Crippen molar-refractivity contribution in [3.8, 4) is 0 Å². The van der Waals surface area contributed by atoms with Crippen molar-refractivity contribution in [2.75, 3.05) is 5.75 Å². The van der Waals surface area contributed by atoms with Crippen molar-refractivity contribution in [2.24, 2.45) is 0 Å². The normalized spacial score (nSPS) is 11.6. The molecular weight excluding hydrogens is 158 g/mol. The average molecular weight is 175 g/mol. The van der Waals surface area contributed by atoms with Crippen LogP contribution in [-0.2, 0) is 0 Å². The zero-order valence-electron chi connectivity index (χ0n) is 7.48. The lowest BCUT2D eigenvalue weighted by Gasteiger charge is -2.17. The highest BCUT2D eigenvalue weighted by molar-refractivity contribution is 8.14. The lowest BCUT2D eigenvalue weighted by Crippen LogP contribution is -2.28. The Bertz CT molecular complexity index is 129. The van der Waals surface area contributed by atoms with E-state index in [4.69, 9.17) is 5.41 Å². The number of aliphatic hydroxyl groups is 1. The molecule has 0 saturated carbocycles. The summed E-state index contributed by atoms with van der Waals surface area (Å²) in [5.41, 5.74) is -0.946. The molecule has 0 bridgehead atoms. The summed E-state index contributed by atoms with van der Waals surface area (Å²) < 4.78 is 0. The van der Waals surface area contributed by atoms with Crippen LogP contribution in [0.25, 0.3) is 0 Å². The first kappa shape index (κ1) is 11.0. The third-order valence-corrected chi connectivity index (χ3v) is 2.58. The molecule has 0 fully saturated rings. The Hall–Kier alpha value is -0.0200. The van der Waals surface area contributed by atoms with E-state index >= 15 is 0 Å². The van der Waals surface area contributed by atoms with E-state index in [0.717, 1.165) is 18.6 Å². The molecular formula is C8H17NOS. The first-order valence-electron chi connectivity index (χ1n) is 3.92. The predicted octanol–water partition coefficient (Wildman–Crippen LogP) is 2.27. The van der Waals surface area contributed by atoms with Gasteiger partial charge in [-0.3, -0.25) is 5.41 Å². The molecule has 2 N–H and O–H groups in total. The molecule has 0 unspecified atom stereocenters. The summed E-state index contributed by atoms with van der Waals surface area (Å²) >= 11 is 1.44. The van der Waals surface area contributed by atoms with E-state index < -0.39 is 5.60 Å². The summed E-state index contributed by atoms with van der Waals surface area (Å²) in [7, 11) is 0. The molecule has 11 heavy (non-hydrogen) atoms. The van der Waals surface area contributed by atoms with Gasteiger partial charge in [0.1, 0.15) is 5.60 Å². The van der Waals surface area contributed by atoms with Crippen LogP contribution in [-0.4, -0.2) is 21.5 Å². The van der Waals surface area contributed by atoms with Crippen molar-refractivity contribution >= 4 is 16.8 Å². The van der Waals surface area contributed by atoms with Crippen LogP contribution in [0.2, 0.25) is 0 Å². The minimum atomic E-state index is -0.946. The van der Waals surface area contributed by atoms with Gasteiger partial charge >= 0.3 is 0 Å². The molecule has 66 valence electrons. The number of hydrogen-bond acceptors (Lipinski definition) is 3. The fourth-order valence-corrected chi connectivity index (χ4v) is 1.49. The Morgan fingerprint density at radius 3 is 2.45 bits per heavy atom. The second-order valence-electron chi connectivity index (χ2n) is 3.09. The highest BCUT2D eigenvalue weighted by atomic mass is 32.2. The van der Waals surface area contributed by atoms with Gasteiger partial charge in [0.15, 0.2) is 0 Å². The summed E-state index contributed by atoms with van der Waals surface area (Å²) in [6.45, 7) is 5.41. The Morgan fingerprint density at radius 2 is 2.09 bits per heavy atom. The fraction of sp³-hybridized carbons (Fsp3) is 0.875. The molecule has 0 atom stereocenters. The molecule has 0 radical (unpaired) electrons. The minimum absolute atomic E-state index is 0.367. The van der Waals surface area contributed by atoms with E-state index in [-0.39, 0.29) is 0 Å². The third-order valence-electron chi connectivity index (χ3n) is 1.30. The summed E-state index contributed by atoms with van der Waals surface area (Å²) in [6.07, 6.45) is 2.26. The Balaban J connectivity index is 3.54. The minimum Gasteiger partial charge on any atom is -0.384 e. The zero-order valence-corrected chi connectivity index (χ0v) is 8.29. The molecule has 0 aromatic heterocycles. The van der Waals surface area contributed by atoms with E-state index in [1.54, 1.807) is 13.8 Å². The third kappa shape index (κ3) is 5.27. The first-order valence-corrected chi connectivity index (χ1v) is 4.91. The maximum atomic E-state index is 9.34. The van der Waals surface area contributed by atoms with E-state index in [1.807, 2.05) is 0 Å². The maximum Gasteiger partial charge on any atom is 0.106 e. The Labute approximate surface area is 72.9 Å². The number of thioether (sulfide) groups is 1. The van der Waals surface area contributed by atoms with Crippen molar-refractivity contribution in [1.29, 1.82) is 5.41 Å². The largest absolute Gasteiger partial charge is 0.384 e. The van der Waals surface area contributed by atoms with E-state index in [1.165, 1.54) is 11.8 Å². The fourth-order valence-electron chi connectivity index (χ4n) is 0.495. The smallest absolute Gasteiger partial charge is 0.106 e. The summed E-state index contributed by atoms with van der Waals surface area (Å²) in [5.74, 6) is 0.944. The van der Waals surface area contributed by atoms with Crippen molar-refractivity contribution < 1.29 is 5.11 Å². The highest BCUT2D eigenvalue weighted by Crippen LogP contribution is 2.16. The van der Waals surface area contributed by atoms with Crippen LogP contribution in [0.5, 0.6) is 0 Å². The second-order valence-corrected chi connectivity index (χ2v) is 4.20. The Morgan fingerprint density at radius 1 is 1.55 bits per heavy atom. The standard InChI is InChI=1S/C8H17NOS/c1-4-5-6-11-7(9)8(2,3)10/h9-10H,4-6H2,1-3H3. The summed E-state index contributed by atoms with van der Waals surface area (Å²) in [5, 5.41) is 17.1. The molecule has 0 rings (SSSR count). The SMILES string of the molecule is CCCCSC(=N)C(C)(C)O. The molecule has 0 aromatic rings. The monoisotopic (exact) mass is 175 g/mol. The van der Waals surface area contributed by atoms with E-state index in [0.29, 0.717) is 5.04 Å². The second kappa shape index (κ2) is 4.78. The van der Waals surface area contributed by atoms with Gasteiger partial charge in [0.05, 0.1) is 5.04 Å². The number of unbranched alkanes of at least 4 members (excludes halogenated alkanes) is 1. The van der Waals surface area contributed by atoms with Crippen LogP contribution in [0, 0.1) is 5.41 Å². The average Bonchev–Trinajstić information content (AvgIpc) is 1.86. The van der Waals surface area contributed by atoms with E-state index in [9.17, 15) is 5.11 Å². The van der Waals surface area contributed by atoms with Crippen LogP contribution in [0.1, 0.15) is 33.6 Å². The molecule has 0 aromatic carbocycles. The van der Waals surface area contributed by atoms with Gasteiger partial charge in [0, 0.05) is 0 Å². The van der Waals surface area contributed by atoms with Crippen LogP contribution in [0.3, 0.4) is 0 Å². The summed E-state index contributed by atoms with van der Waals surface area (Å²) in [6, 6.07) is 0. The number of hydrogen-bond donors (Lipinski definition) is 2. The zero-order chi connectivity index (χ0) is 8.91. The van der Waals surface area contributed by atoms with Gasteiger partial charge < -0.3 is 5.11 Å². The van der Waals surface area contributed by atoms with Crippen LogP contribution >= 0.6 is 11.8 Å². The lowest BCUT2D eigenvalue weighted by atomic mass is 10.2. The molecule has 0 spiro atoms. The molecule has 2 nitrogen and oxygen atoms in total. The number of rotatable bonds is 4. The summed E-state index contributed by atoms with van der Waals surface area (Å²) in [4.78, 5) is 0. The first-order chi connectivity index (χ1) is 4.98.